The van der Waals surface area contributed by atoms with Crippen molar-refractivity contribution < 1.29 is 26.9 Å². The largest absolute Gasteiger partial charge is 0.491 e. The molecule has 1 saturated heterocycles. The number of nitrogens with zero attached hydrogens (tertiary/aromatic N) is 6. The normalized spacial score (nSPS) is 17.6. The fourth-order valence-corrected chi connectivity index (χ4v) is 7.97. The number of aromatic amines is 1. The van der Waals surface area contributed by atoms with E-state index in [2.05, 4.69) is 39.1 Å². The summed E-state index contributed by atoms with van der Waals surface area (Å²) >= 11 is 1.07. The van der Waals surface area contributed by atoms with Gasteiger partial charge in [0.05, 0.1) is 28.9 Å². The van der Waals surface area contributed by atoms with Crippen LogP contribution in [0.25, 0.3) is 0 Å². The van der Waals surface area contributed by atoms with Gasteiger partial charge in [0.1, 0.15) is 5.82 Å². The van der Waals surface area contributed by atoms with Crippen molar-refractivity contribution in [2.75, 3.05) is 45.7 Å². The number of aromatic nitrogens is 2. The van der Waals surface area contributed by atoms with Crippen LogP contribution >= 0.6 is 11.8 Å². The standard InChI is InChI=1S/C31H37F2N7O5S2/c1-20-16-28(36-35-20)39-30(38-14-11-21(12-15-38)10-13-37(2)3)26(45-4)18-34-31(39)46-27-9-8-23(17-24(27)32)47(43,44)19-22-6-5-7-25(29(22)33)40(41)42/h5-9,16-18,21,31H,10-15,19H2,1-4H3,(H,35,36). The number of allylic oxidation sites excluding steroid dienone is 1. The van der Waals surface area contributed by atoms with Gasteiger partial charge in [0.25, 0.3) is 0 Å². The summed E-state index contributed by atoms with van der Waals surface area (Å²) in [5.74, 6) is -0.453. The number of aryl methyl sites for hydroxylation is 1. The number of H-pyrrole nitrogens is 1. The van der Waals surface area contributed by atoms with E-state index < -0.39 is 43.3 Å². The number of halogens is 2. The highest BCUT2D eigenvalue weighted by atomic mass is 32.2. The first-order valence-corrected chi connectivity index (χ1v) is 17.5. The van der Waals surface area contributed by atoms with Gasteiger partial charge >= 0.3 is 5.69 Å². The number of aliphatic imine (C=N–C) groups is 1. The van der Waals surface area contributed by atoms with Crippen molar-refractivity contribution in [1.82, 2.24) is 20.0 Å². The van der Waals surface area contributed by atoms with Crippen molar-refractivity contribution in [2.45, 2.75) is 47.2 Å². The lowest BCUT2D eigenvalue weighted by atomic mass is 9.93. The second kappa shape index (κ2) is 14.4. The molecule has 252 valence electrons. The summed E-state index contributed by atoms with van der Waals surface area (Å²) < 4.78 is 62.3. The van der Waals surface area contributed by atoms with Gasteiger partial charge < -0.3 is 14.5 Å². The molecular weight excluding hydrogens is 653 g/mol. The SMILES string of the molecule is COC1=C(N2CCC(CCN(C)C)CC2)N(c2cc(C)[nH]n2)C(Sc2ccc(S(=O)(=O)Cc3cccc([N+](=O)[O-])c3F)cc2F)N=C1. The van der Waals surface area contributed by atoms with Crippen LogP contribution < -0.4 is 4.90 Å². The van der Waals surface area contributed by atoms with Crippen molar-refractivity contribution in [3.8, 4) is 0 Å². The van der Waals surface area contributed by atoms with Crippen LogP contribution in [0.4, 0.5) is 20.3 Å². The minimum absolute atomic E-state index is 0.132. The monoisotopic (exact) mass is 689 g/mol. The van der Waals surface area contributed by atoms with Gasteiger partial charge in [0.15, 0.2) is 32.7 Å². The number of methoxy groups -OCH3 is 1. The van der Waals surface area contributed by atoms with Gasteiger partial charge in [0, 0.05) is 41.4 Å². The van der Waals surface area contributed by atoms with Gasteiger partial charge in [-0.15, -0.1) is 0 Å². The highest BCUT2D eigenvalue weighted by molar-refractivity contribution is 8.00. The Hall–Kier alpha value is -4.02. The summed E-state index contributed by atoms with van der Waals surface area (Å²) in [7, 11) is 1.47. The molecule has 2 aromatic carbocycles. The van der Waals surface area contributed by atoms with E-state index in [4.69, 9.17) is 4.74 Å². The molecule has 3 heterocycles. The van der Waals surface area contributed by atoms with Gasteiger partial charge in [-0.25, -0.2) is 12.8 Å². The molecule has 47 heavy (non-hydrogen) atoms. The maximum absolute atomic E-state index is 15.6. The van der Waals surface area contributed by atoms with E-state index in [1.807, 2.05) is 17.9 Å². The average Bonchev–Trinajstić information content (AvgIpc) is 3.47. The number of benzene rings is 2. The minimum atomic E-state index is -4.25. The molecule has 1 aromatic heterocycles. The summed E-state index contributed by atoms with van der Waals surface area (Å²) in [5.41, 5.74) is -1.11. The molecular formula is C31H37F2N7O5S2. The number of nitrogens with one attached hydrogen (secondary N) is 1. The third-order valence-corrected chi connectivity index (χ3v) is 10.9. The lowest BCUT2D eigenvalue weighted by molar-refractivity contribution is -0.387. The molecule has 1 fully saturated rings. The first-order valence-electron chi connectivity index (χ1n) is 15.0. The van der Waals surface area contributed by atoms with Crippen LogP contribution in [-0.4, -0.2) is 85.9 Å². The van der Waals surface area contributed by atoms with Gasteiger partial charge in [-0.3, -0.25) is 25.1 Å². The molecule has 0 saturated carbocycles. The van der Waals surface area contributed by atoms with Gasteiger partial charge in [0.2, 0.25) is 5.82 Å². The first-order chi connectivity index (χ1) is 22.4. The van der Waals surface area contributed by atoms with Crippen LogP contribution in [-0.2, 0) is 20.3 Å². The second-order valence-electron chi connectivity index (χ2n) is 11.8. The Bertz CT molecular complexity index is 1790. The molecule has 0 radical (unpaired) electrons. The van der Waals surface area contributed by atoms with Crippen molar-refractivity contribution >= 4 is 39.3 Å². The quantitative estimate of drug-likeness (QED) is 0.196. The van der Waals surface area contributed by atoms with E-state index in [9.17, 15) is 22.9 Å². The summed E-state index contributed by atoms with van der Waals surface area (Å²) in [4.78, 5) is 20.9. The van der Waals surface area contributed by atoms with E-state index in [1.165, 1.54) is 18.2 Å². The molecule has 3 aromatic rings. The highest BCUT2D eigenvalue weighted by Crippen LogP contribution is 2.39. The van der Waals surface area contributed by atoms with Crippen LogP contribution in [0.1, 0.15) is 30.5 Å². The van der Waals surface area contributed by atoms with Gasteiger partial charge in [-0.1, -0.05) is 23.9 Å². The predicted molar refractivity (Wildman–Crippen MR) is 176 cm³/mol. The molecule has 0 bridgehead atoms. The zero-order valence-electron chi connectivity index (χ0n) is 26.5. The third-order valence-electron chi connectivity index (χ3n) is 8.14. The molecule has 1 N–H and O–H groups in total. The number of hydrogen-bond acceptors (Lipinski definition) is 11. The molecule has 1 unspecified atom stereocenters. The fraction of sp³-hybridized carbons (Fsp3) is 0.419. The summed E-state index contributed by atoms with van der Waals surface area (Å²) in [6, 6.07) is 8.62. The Morgan fingerprint density at radius 2 is 1.91 bits per heavy atom. The number of nitro benzene ring substituents is 1. The van der Waals surface area contributed by atoms with Crippen LogP contribution in [0.5, 0.6) is 0 Å². The Kier molecular flexibility index (Phi) is 10.5. The third kappa shape index (κ3) is 7.76. The molecule has 5 rings (SSSR count). The van der Waals surface area contributed by atoms with E-state index in [0.29, 0.717) is 17.5 Å². The molecule has 1 atom stereocenters. The number of piperidine rings is 1. The average molecular weight is 690 g/mol. The van der Waals surface area contributed by atoms with Crippen LogP contribution in [0.3, 0.4) is 0 Å². The Labute approximate surface area is 276 Å². The highest BCUT2D eigenvalue weighted by Gasteiger charge is 2.36. The molecule has 0 spiro atoms. The fourth-order valence-electron chi connectivity index (χ4n) is 5.63. The number of rotatable bonds is 12. The van der Waals surface area contributed by atoms with Crippen molar-refractivity contribution in [3.05, 3.63) is 87.1 Å². The van der Waals surface area contributed by atoms with Crippen LogP contribution in [0, 0.1) is 34.6 Å². The van der Waals surface area contributed by atoms with E-state index in [1.54, 1.807) is 13.3 Å². The summed E-state index contributed by atoms with van der Waals surface area (Å²) in [6.45, 7) is 4.48. The molecule has 12 nitrogen and oxygen atoms in total. The molecule has 0 aliphatic carbocycles. The number of nitro groups is 1. The number of hydrogen-bond donors (Lipinski definition) is 1. The summed E-state index contributed by atoms with van der Waals surface area (Å²) in [5, 5.41) is 18.6. The zero-order chi connectivity index (χ0) is 33.9. The zero-order valence-corrected chi connectivity index (χ0v) is 28.2. The molecule has 2 aliphatic heterocycles. The van der Waals surface area contributed by atoms with E-state index >= 15 is 4.39 Å². The Morgan fingerprint density at radius 3 is 2.53 bits per heavy atom. The number of sulfone groups is 1. The maximum atomic E-state index is 15.6. The predicted octanol–water partition coefficient (Wildman–Crippen LogP) is 5.32. The summed E-state index contributed by atoms with van der Waals surface area (Å²) in [6.07, 6.45) is 4.74. The molecule has 2 aliphatic rings. The minimum Gasteiger partial charge on any atom is -0.491 e. The Morgan fingerprint density at radius 1 is 1.17 bits per heavy atom. The lowest BCUT2D eigenvalue weighted by Crippen LogP contribution is -2.46. The number of likely N-dealkylation sites (tertiary alicyclic amines) is 1. The number of anilines is 1. The maximum Gasteiger partial charge on any atom is 0.305 e. The number of ether oxygens (including phenoxy) is 1. The van der Waals surface area contributed by atoms with E-state index in [0.717, 1.165) is 80.4 Å². The molecule has 0 amide bonds. The van der Waals surface area contributed by atoms with Gasteiger partial charge in [-0.05, 0) is 70.9 Å². The van der Waals surface area contributed by atoms with Gasteiger partial charge in [-0.2, -0.15) is 9.49 Å². The number of thioether (sulfide) groups is 1. The second-order valence-corrected chi connectivity index (χ2v) is 14.9. The van der Waals surface area contributed by atoms with Crippen LogP contribution in [0.15, 0.2) is 68.8 Å². The van der Waals surface area contributed by atoms with Crippen molar-refractivity contribution in [2.24, 2.45) is 10.9 Å². The topological polar surface area (TPSA) is 137 Å². The van der Waals surface area contributed by atoms with E-state index in [-0.39, 0.29) is 15.4 Å². The first kappa shape index (κ1) is 34.3. The van der Waals surface area contributed by atoms with Crippen molar-refractivity contribution in [1.29, 1.82) is 0 Å². The lowest BCUT2D eigenvalue weighted by Gasteiger charge is -2.42. The Balaban J connectivity index is 1.40. The smallest absolute Gasteiger partial charge is 0.305 e. The van der Waals surface area contributed by atoms with Crippen LogP contribution in [0.2, 0.25) is 0 Å². The van der Waals surface area contributed by atoms with Crippen molar-refractivity contribution in [3.63, 3.8) is 0 Å². The molecule has 16 heteroatoms.